The molecule has 0 amide bonds. The standard InChI is InChI=1S/C27H16Cl2F4N2O/c1-26(2)24-23(34-25(35-24)22-18(28)4-3-5-20(22)30)17-11-7-14(12-21(17)36-26)6-8-15-9-10-16(13-19(15)29)27(31,32)33/h3-5,7,9-13H,1-2H3,(H,34,35). The van der Waals surface area contributed by atoms with Gasteiger partial charge in [-0.2, -0.15) is 13.2 Å². The van der Waals surface area contributed by atoms with Gasteiger partial charge in [-0.15, -0.1) is 0 Å². The van der Waals surface area contributed by atoms with E-state index >= 15 is 0 Å². The summed E-state index contributed by atoms with van der Waals surface area (Å²) in [6.07, 6.45) is -4.49. The molecule has 0 bridgehead atoms. The van der Waals surface area contributed by atoms with Crippen LogP contribution in [0.15, 0.2) is 54.6 Å². The number of benzene rings is 3. The van der Waals surface area contributed by atoms with Crippen LogP contribution in [0.5, 0.6) is 5.75 Å². The zero-order valence-electron chi connectivity index (χ0n) is 18.8. The Hall–Kier alpha value is -3.47. The van der Waals surface area contributed by atoms with Gasteiger partial charge < -0.3 is 9.72 Å². The quantitative estimate of drug-likeness (QED) is 0.199. The summed E-state index contributed by atoms with van der Waals surface area (Å²) in [5.74, 6) is 6.02. The van der Waals surface area contributed by atoms with E-state index in [1.807, 2.05) is 13.8 Å². The van der Waals surface area contributed by atoms with Gasteiger partial charge in [-0.05, 0) is 62.4 Å². The highest BCUT2D eigenvalue weighted by molar-refractivity contribution is 6.33. The summed E-state index contributed by atoms with van der Waals surface area (Å²) in [7, 11) is 0. The van der Waals surface area contributed by atoms with E-state index in [0.717, 1.165) is 12.1 Å². The molecule has 1 aliphatic heterocycles. The number of imidazole rings is 1. The number of nitrogens with one attached hydrogen (secondary N) is 1. The lowest BCUT2D eigenvalue weighted by molar-refractivity contribution is -0.137. The summed E-state index contributed by atoms with van der Waals surface area (Å²) < 4.78 is 59.4. The van der Waals surface area contributed by atoms with Crippen molar-refractivity contribution in [3.8, 4) is 40.2 Å². The van der Waals surface area contributed by atoms with Crippen LogP contribution >= 0.6 is 23.2 Å². The summed E-state index contributed by atoms with van der Waals surface area (Å²) in [6, 6.07) is 12.7. The fraction of sp³-hybridized carbons (Fsp3) is 0.148. The number of H-pyrrole nitrogens is 1. The number of ether oxygens (including phenoxy) is 1. The predicted octanol–water partition coefficient (Wildman–Crippen LogP) is 8.24. The van der Waals surface area contributed by atoms with Gasteiger partial charge in [-0.1, -0.05) is 41.1 Å². The molecule has 0 saturated heterocycles. The van der Waals surface area contributed by atoms with Crippen molar-refractivity contribution in [3.05, 3.63) is 92.8 Å². The molecule has 0 atom stereocenters. The van der Waals surface area contributed by atoms with Crippen molar-refractivity contribution in [3.63, 3.8) is 0 Å². The first kappa shape index (κ1) is 24.2. The van der Waals surface area contributed by atoms with E-state index in [2.05, 4.69) is 21.8 Å². The topological polar surface area (TPSA) is 37.9 Å². The molecular weight excluding hydrogens is 515 g/mol. The highest BCUT2D eigenvalue weighted by atomic mass is 35.5. The van der Waals surface area contributed by atoms with E-state index in [0.29, 0.717) is 28.3 Å². The third-order valence-corrected chi connectivity index (χ3v) is 6.37. The van der Waals surface area contributed by atoms with Crippen LogP contribution in [0.3, 0.4) is 0 Å². The zero-order chi connectivity index (χ0) is 25.8. The predicted molar refractivity (Wildman–Crippen MR) is 131 cm³/mol. The molecular formula is C27H16Cl2F4N2O. The average molecular weight is 531 g/mol. The van der Waals surface area contributed by atoms with Gasteiger partial charge in [-0.3, -0.25) is 0 Å². The lowest BCUT2D eigenvalue weighted by Crippen LogP contribution is -2.29. The third-order valence-electron chi connectivity index (χ3n) is 5.75. The summed E-state index contributed by atoms with van der Waals surface area (Å²) >= 11 is 12.2. The van der Waals surface area contributed by atoms with E-state index in [4.69, 9.17) is 27.9 Å². The number of rotatable bonds is 1. The van der Waals surface area contributed by atoms with Gasteiger partial charge >= 0.3 is 6.18 Å². The molecule has 0 radical (unpaired) electrons. The zero-order valence-corrected chi connectivity index (χ0v) is 20.3. The first-order valence-electron chi connectivity index (χ1n) is 10.7. The van der Waals surface area contributed by atoms with Gasteiger partial charge in [0.15, 0.2) is 0 Å². The highest BCUT2D eigenvalue weighted by Crippen LogP contribution is 2.45. The summed E-state index contributed by atoms with van der Waals surface area (Å²) in [6.45, 7) is 3.69. The van der Waals surface area contributed by atoms with E-state index in [9.17, 15) is 17.6 Å². The molecule has 0 aliphatic carbocycles. The van der Waals surface area contributed by atoms with Crippen LogP contribution in [-0.2, 0) is 11.8 Å². The van der Waals surface area contributed by atoms with E-state index in [1.165, 1.54) is 18.2 Å². The Kier molecular flexibility index (Phi) is 5.77. The molecule has 36 heavy (non-hydrogen) atoms. The van der Waals surface area contributed by atoms with Gasteiger partial charge in [0.1, 0.15) is 23.0 Å². The van der Waals surface area contributed by atoms with Gasteiger partial charge in [0.05, 0.1) is 32.6 Å². The number of aromatic nitrogens is 2. The molecule has 1 aromatic heterocycles. The minimum absolute atomic E-state index is 0.0897. The Bertz CT molecular complexity index is 1560. The Morgan fingerprint density at radius 2 is 1.75 bits per heavy atom. The molecule has 1 N–H and O–H groups in total. The molecule has 1 aliphatic rings. The van der Waals surface area contributed by atoms with Crippen molar-refractivity contribution >= 4 is 23.2 Å². The van der Waals surface area contributed by atoms with E-state index in [-0.39, 0.29) is 27.0 Å². The number of nitrogens with zero attached hydrogens (tertiary/aromatic N) is 1. The highest BCUT2D eigenvalue weighted by Gasteiger charge is 2.36. The smallest absolute Gasteiger partial charge is 0.416 e. The minimum atomic E-state index is -4.49. The second kappa shape index (κ2) is 8.58. The SMILES string of the molecule is CC1(C)Oc2cc(C#Cc3ccc(C(F)(F)F)cc3Cl)ccc2-c2nc(-c3c(F)cccc3Cl)[nH]c21. The summed E-state index contributed by atoms with van der Waals surface area (Å²) in [4.78, 5) is 7.80. The Balaban J connectivity index is 1.53. The van der Waals surface area contributed by atoms with E-state index in [1.54, 1.807) is 24.3 Å². The molecule has 0 spiro atoms. The number of halogens is 6. The molecule has 182 valence electrons. The van der Waals surface area contributed by atoms with Crippen molar-refractivity contribution in [1.29, 1.82) is 0 Å². The number of hydrogen-bond acceptors (Lipinski definition) is 2. The van der Waals surface area contributed by atoms with Gasteiger partial charge in [0.2, 0.25) is 0 Å². The van der Waals surface area contributed by atoms with Gasteiger partial charge in [-0.25, -0.2) is 9.37 Å². The molecule has 4 aromatic rings. The Morgan fingerprint density at radius 1 is 0.972 bits per heavy atom. The maximum absolute atomic E-state index is 14.5. The molecule has 0 fully saturated rings. The lowest BCUT2D eigenvalue weighted by atomic mass is 9.94. The first-order valence-corrected chi connectivity index (χ1v) is 11.5. The van der Waals surface area contributed by atoms with Crippen LogP contribution in [0.1, 0.15) is 36.2 Å². The molecule has 2 heterocycles. The van der Waals surface area contributed by atoms with Crippen LogP contribution in [0.25, 0.3) is 22.6 Å². The van der Waals surface area contributed by atoms with Crippen LogP contribution in [0.2, 0.25) is 10.0 Å². The van der Waals surface area contributed by atoms with Crippen molar-refractivity contribution in [2.45, 2.75) is 25.6 Å². The normalized spacial score (nSPS) is 13.8. The minimum Gasteiger partial charge on any atom is -0.481 e. The summed E-state index contributed by atoms with van der Waals surface area (Å²) in [5, 5.41) is 0.140. The number of hydrogen-bond donors (Lipinski definition) is 1. The maximum Gasteiger partial charge on any atom is 0.416 e. The average Bonchev–Trinajstić information content (AvgIpc) is 3.23. The third kappa shape index (κ3) is 4.32. The number of fused-ring (bicyclic) bond motifs is 3. The lowest BCUT2D eigenvalue weighted by Gasteiger charge is -2.31. The van der Waals surface area contributed by atoms with Gasteiger partial charge in [0.25, 0.3) is 0 Å². The Morgan fingerprint density at radius 3 is 2.44 bits per heavy atom. The fourth-order valence-corrected chi connectivity index (χ4v) is 4.46. The largest absolute Gasteiger partial charge is 0.481 e. The van der Waals surface area contributed by atoms with Gasteiger partial charge in [0, 0.05) is 16.7 Å². The molecule has 9 heteroatoms. The monoisotopic (exact) mass is 530 g/mol. The van der Waals surface area contributed by atoms with Crippen molar-refractivity contribution in [1.82, 2.24) is 9.97 Å². The molecule has 0 saturated carbocycles. The maximum atomic E-state index is 14.5. The number of alkyl halides is 3. The van der Waals surface area contributed by atoms with Crippen LogP contribution in [0.4, 0.5) is 17.6 Å². The van der Waals surface area contributed by atoms with Crippen LogP contribution < -0.4 is 4.74 Å². The van der Waals surface area contributed by atoms with Crippen molar-refractivity contribution < 1.29 is 22.3 Å². The second-order valence-corrected chi connectivity index (χ2v) is 9.49. The van der Waals surface area contributed by atoms with Crippen molar-refractivity contribution in [2.75, 3.05) is 0 Å². The van der Waals surface area contributed by atoms with Crippen LogP contribution in [-0.4, -0.2) is 9.97 Å². The molecule has 3 nitrogen and oxygen atoms in total. The Labute approximate surface area is 214 Å². The fourth-order valence-electron chi connectivity index (χ4n) is 3.98. The first-order chi connectivity index (χ1) is 16.9. The van der Waals surface area contributed by atoms with Crippen molar-refractivity contribution in [2.24, 2.45) is 0 Å². The number of aromatic amines is 1. The van der Waals surface area contributed by atoms with Crippen LogP contribution in [0, 0.1) is 17.7 Å². The molecule has 0 unspecified atom stereocenters. The van der Waals surface area contributed by atoms with E-state index < -0.39 is 23.2 Å². The second-order valence-electron chi connectivity index (χ2n) is 8.67. The summed E-state index contributed by atoms with van der Waals surface area (Å²) in [5.41, 5.74) is 1.28. The molecule has 3 aromatic carbocycles. The molecule has 5 rings (SSSR count).